The summed E-state index contributed by atoms with van der Waals surface area (Å²) in [4.78, 5) is 28.6. The molecule has 3 rings (SSSR count). The zero-order valence-corrected chi connectivity index (χ0v) is 25.6. The molecule has 3 aromatic rings. The number of benzene rings is 3. The third kappa shape index (κ3) is 7.56. The molecule has 0 radical (unpaired) electrons. The van der Waals surface area contributed by atoms with Gasteiger partial charge in [-0.2, -0.15) is 0 Å². The smallest absolute Gasteiger partial charge is 0.264 e. The van der Waals surface area contributed by atoms with Crippen LogP contribution in [0.3, 0.4) is 0 Å². The van der Waals surface area contributed by atoms with Gasteiger partial charge < -0.3 is 10.2 Å². The summed E-state index contributed by atoms with van der Waals surface area (Å²) in [6.07, 6.45) is 0.717. The Morgan fingerprint density at radius 2 is 1.60 bits per heavy atom. The lowest BCUT2D eigenvalue weighted by Gasteiger charge is -2.33. The Kier molecular flexibility index (Phi) is 10.6. The Morgan fingerprint density at radius 1 is 0.925 bits per heavy atom. The van der Waals surface area contributed by atoms with Crippen molar-refractivity contribution in [3.05, 3.63) is 93.5 Å². The Balaban J connectivity index is 2.06. The number of anilines is 1. The normalized spacial score (nSPS) is 12.9. The molecule has 2 atom stereocenters. The van der Waals surface area contributed by atoms with Crippen LogP contribution in [0.25, 0.3) is 0 Å². The van der Waals surface area contributed by atoms with Gasteiger partial charge in [0.15, 0.2) is 0 Å². The van der Waals surface area contributed by atoms with Crippen LogP contribution in [-0.2, 0) is 26.2 Å². The highest BCUT2D eigenvalue weighted by atomic mass is 35.5. The van der Waals surface area contributed by atoms with Crippen molar-refractivity contribution >= 4 is 50.7 Å². The van der Waals surface area contributed by atoms with Crippen LogP contribution < -0.4 is 9.62 Å². The molecule has 3 aromatic carbocycles. The molecule has 2 amide bonds. The van der Waals surface area contributed by atoms with Crippen molar-refractivity contribution in [2.45, 2.75) is 64.6 Å². The van der Waals surface area contributed by atoms with Crippen molar-refractivity contribution in [1.82, 2.24) is 10.2 Å². The molecule has 0 fully saturated rings. The van der Waals surface area contributed by atoms with Crippen LogP contribution in [0.4, 0.5) is 5.69 Å². The zero-order valence-electron chi connectivity index (χ0n) is 23.3. The van der Waals surface area contributed by atoms with Gasteiger partial charge in [0.1, 0.15) is 12.6 Å². The second kappa shape index (κ2) is 13.5. The first-order chi connectivity index (χ1) is 18.8. The van der Waals surface area contributed by atoms with Crippen LogP contribution in [0.15, 0.2) is 71.6 Å². The lowest BCUT2D eigenvalue weighted by atomic mass is 10.1. The fourth-order valence-electron chi connectivity index (χ4n) is 4.20. The number of amides is 2. The van der Waals surface area contributed by atoms with E-state index in [1.54, 1.807) is 62.4 Å². The first kappa shape index (κ1) is 31.5. The number of nitrogens with one attached hydrogen (secondary N) is 1. The second-order valence-electron chi connectivity index (χ2n) is 9.88. The van der Waals surface area contributed by atoms with E-state index in [4.69, 9.17) is 23.2 Å². The number of carbonyl (C=O) groups is 2. The van der Waals surface area contributed by atoms with E-state index in [0.29, 0.717) is 26.9 Å². The van der Waals surface area contributed by atoms with Gasteiger partial charge in [-0.25, -0.2) is 8.42 Å². The Labute approximate surface area is 247 Å². The van der Waals surface area contributed by atoms with Gasteiger partial charge in [0, 0.05) is 12.6 Å². The van der Waals surface area contributed by atoms with Crippen LogP contribution >= 0.6 is 23.2 Å². The van der Waals surface area contributed by atoms with Crippen LogP contribution in [-0.4, -0.2) is 43.8 Å². The summed E-state index contributed by atoms with van der Waals surface area (Å²) in [5.74, 6) is -0.885. The fourth-order valence-corrected chi connectivity index (χ4v) is 6.02. The fraction of sp³-hybridized carbons (Fsp3) is 0.333. The van der Waals surface area contributed by atoms with Gasteiger partial charge in [0.25, 0.3) is 10.0 Å². The largest absolute Gasteiger partial charge is 0.352 e. The number of hydrogen-bond acceptors (Lipinski definition) is 4. The maximum Gasteiger partial charge on any atom is 0.264 e. The minimum absolute atomic E-state index is 0.0247. The molecular weight excluding hydrogens is 569 g/mol. The molecule has 40 heavy (non-hydrogen) atoms. The summed E-state index contributed by atoms with van der Waals surface area (Å²) >= 11 is 12.3. The molecule has 1 N–H and O–H groups in total. The molecule has 214 valence electrons. The predicted octanol–water partition coefficient (Wildman–Crippen LogP) is 6.14. The van der Waals surface area contributed by atoms with E-state index in [1.165, 1.54) is 17.0 Å². The Morgan fingerprint density at radius 3 is 2.20 bits per heavy atom. The van der Waals surface area contributed by atoms with E-state index in [9.17, 15) is 18.0 Å². The van der Waals surface area contributed by atoms with E-state index >= 15 is 0 Å². The van der Waals surface area contributed by atoms with Crippen LogP contribution in [0, 0.1) is 13.8 Å². The number of rotatable bonds is 11. The standard InChI is InChI=1S/C30H35Cl2N3O4S/c1-6-22(4)33-30(37)23(5)34(18-24-13-14-26(31)27(32)17-24)29(36)19-35(28-15-12-20(2)16-21(28)3)40(38,39)25-10-8-7-9-11-25/h7-17,22-23H,6,18-19H2,1-5H3,(H,33,37)/t22-,23-/m1/s1. The topological polar surface area (TPSA) is 86.8 Å². The highest BCUT2D eigenvalue weighted by Gasteiger charge is 2.33. The SMILES string of the molecule is CC[C@@H](C)NC(=O)[C@@H](C)N(Cc1ccc(Cl)c(Cl)c1)C(=O)CN(c1ccc(C)cc1C)S(=O)(=O)c1ccccc1. The van der Waals surface area contributed by atoms with Gasteiger partial charge in [0.2, 0.25) is 11.8 Å². The lowest BCUT2D eigenvalue weighted by molar-refractivity contribution is -0.139. The van der Waals surface area contributed by atoms with Gasteiger partial charge in [-0.3, -0.25) is 13.9 Å². The molecule has 0 aliphatic heterocycles. The van der Waals surface area contributed by atoms with Crippen LogP contribution in [0.5, 0.6) is 0 Å². The number of sulfonamides is 1. The van der Waals surface area contributed by atoms with Gasteiger partial charge in [0.05, 0.1) is 20.6 Å². The van der Waals surface area contributed by atoms with Crippen molar-refractivity contribution < 1.29 is 18.0 Å². The van der Waals surface area contributed by atoms with E-state index in [-0.39, 0.29) is 23.4 Å². The van der Waals surface area contributed by atoms with E-state index in [0.717, 1.165) is 16.3 Å². The van der Waals surface area contributed by atoms with E-state index < -0.39 is 28.5 Å². The molecule has 0 aromatic heterocycles. The number of carbonyl (C=O) groups excluding carboxylic acids is 2. The van der Waals surface area contributed by atoms with Crippen LogP contribution in [0.2, 0.25) is 10.0 Å². The lowest BCUT2D eigenvalue weighted by Crippen LogP contribution is -2.52. The highest BCUT2D eigenvalue weighted by molar-refractivity contribution is 7.92. The molecule has 0 saturated heterocycles. The first-order valence-electron chi connectivity index (χ1n) is 13.0. The van der Waals surface area contributed by atoms with Gasteiger partial charge in [-0.1, -0.05) is 72.1 Å². The molecule has 0 spiro atoms. The number of halogens is 2. The summed E-state index contributed by atoms with van der Waals surface area (Å²) in [6, 6.07) is 17.3. The van der Waals surface area contributed by atoms with Crippen molar-refractivity contribution in [2.24, 2.45) is 0 Å². The molecular formula is C30H35Cl2N3O4S. The average molecular weight is 605 g/mol. The van der Waals surface area contributed by atoms with Gasteiger partial charge >= 0.3 is 0 Å². The predicted molar refractivity (Wildman–Crippen MR) is 161 cm³/mol. The van der Waals surface area contributed by atoms with Crippen molar-refractivity contribution in [2.75, 3.05) is 10.8 Å². The third-order valence-electron chi connectivity index (χ3n) is 6.74. The summed E-state index contributed by atoms with van der Waals surface area (Å²) < 4.78 is 28.9. The van der Waals surface area contributed by atoms with Crippen LogP contribution in [0.1, 0.15) is 43.9 Å². The summed E-state index contributed by atoms with van der Waals surface area (Å²) in [5, 5.41) is 3.59. The first-order valence-corrected chi connectivity index (χ1v) is 15.2. The molecule has 0 heterocycles. The average Bonchev–Trinajstić information content (AvgIpc) is 2.92. The Bertz CT molecular complexity index is 1470. The molecule has 0 unspecified atom stereocenters. The number of aryl methyl sites for hydroxylation is 2. The summed E-state index contributed by atoms with van der Waals surface area (Å²) in [5.41, 5.74) is 2.69. The number of hydrogen-bond donors (Lipinski definition) is 1. The molecule has 10 heteroatoms. The molecule has 7 nitrogen and oxygen atoms in total. The zero-order chi connectivity index (χ0) is 29.6. The molecule has 0 bridgehead atoms. The van der Waals surface area contributed by atoms with Crippen molar-refractivity contribution in [1.29, 1.82) is 0 Å². The summed E-state index contributed by atoms with van der Waals surface area (Å²) in [7, 11) is -4.13. The third-order valence-corrected chi connectivity index (χ3v) is 9.25. The van der Waals surface area contributed by atoms with Gasteiger partial charge in [-0.15, -0.1) is 0 Å². The minimum atomic E-state index is -4.13. The van der Waals surface area contributed by atoms with E-state index in [2.05, 4.69) is 5.32 Å². The Hall–Kier alpha value is -3.07. The summed E-state index contributed by atoms with van der Waals surface area (Å²) in [6.45, 7) is 8.68. The molecule has 0 saturated carbocycles. The number of nitrogens with zero attached hydrogens (tertiary/aromatic N) is 2. The molecule has 0 aliphatic carbocycles. The quantitative estimate of drug-likeness (QED) is 0.285. The monoisotopic (exact) mass is 603 g/mol. The maximum atomic E-state index is 14.0. The minimum Gasteiger partial charge on any atom is -0.352 e. The molecule has 0 aliphatic rings. The second-order valence-corrected chi connectivity index (χ2v) is 12.6. The van der Waals surface area contributed by atoms with Gasteiger partial charge in [-0.05, 0) is 75.6 Å². The van der Waals surface area contributed by atoms with E-state index in [1.807, 2.05) is 26.8 Å². The maximum absolute atomic E-state index is 14.0. The van der Waals surface area contributed by atoms with Crippen molar-refractivity contribution in [3.63, 3.8) is 0 Å². The highest BCUT2D eigenvalue weighted by Crippen LogP contribution is 2.29. The van der Waals surface area contributed by atoms with Crippen molar-refractivity contribution in [3.8, 4) is 0 Å².